The van der Waals surface area contributed by atoms with Gasteiger partial charge in [0.05, 0.1) is 10.0 Å². The molecule has 1 aromatic rings. The van der Waals surface area contributed by atoms with E-state index in [1.807, 2.05) is 6.92 Å². The fraction of sp³-hybridized carbons (Fsp3) is 0.455. The van der Waals surface area contributed by atoms with E-state index in [9.17, 15) is 9.50 Å². The van der Waals surface area contributed by atoms with E-state index < -0.39 is 5.54 Å². The highest BCUT2D eigenvalue weighted by Crippen LogP contribution is 2.39. The summed E-state index contributed by atoms with van der Waals surface area (Å²) in [7, 11) is 0. The van der Waals surface area contributed by atoms with Crippen LogP contribution in [-0.4, -0.2) is 11.7 Å². The Morgan fingerprint density at radius 2 is 2.27 bits per heavy atom. The predicted molar refractivity (Wildman–Crippen MR) is 60.4 cm³/mol. The maximum atomic E-state index is 13.9. The molecule has 1 atom stereocenters. The van der Waals surface area contributed by atoms with Crippen LogP contribution in [0.2, 0.25) is 0 Å². The summed E-state index contributed by atoms with van der Waals surface area (Å²) in [6, 6.07) is 3.04. The minimum Gasteiger partial charge on any atom is -0.507 e. The molecule has 0 radical (unpaired) electrons. The number of aromatic hydroxyl groups is 1. The van der Waals surface area contributed by atoms with Crippen LogP contribution in [0.3, 0.4) is 0 Å². The van der Waals surface area contributed by atoms with Gasteiger partial charge in [-0.15, -0.1) is 0 Å². The highest BCUT2D eigenvalue weighted by Gasteiger charge is 2.35. The van der Waals surface area contributed by atoms with Crippen LogP contribution >= 0.6 is 15.9 Å². The van der Waals surface area contributed by atoms with Crippen LogP contribution in [0.25, 0.3) is 0 Å². The monoisotopic (exact) mass is 273 g/mol. The van der Waals surface area contributed by atoms with Gasteiger partial charge in [0, 0.05) is 5.54 Å². The van der Waals surface area contributed by atoms with Gasteiger partial charge in [0.2, 0.25) is 0 Å². The zero-order chi connectivity index (χ0) is 11.1. The Morgan fingerprint density at radius 1 is 1.53 bits per heavy atom. The Balaban J connectivity index is 2.55. The van der Waals surface area contributed by atoms with Crippen molar-refractivity contribution in [3.8, 4) is 5.75 Å². The lowest BCUT2D eigenvalue weighted by Crippen LogP contribution is -2.34. The molecule has 1 aliphatic rings. The average Bonchev–Trinajstić information content (AvgIpc) is 2.60. The Kier molecular flexibility index (Phi) is 2.73. The number of halogens is 2. The first kappa shape index (κ1) is 10.9. The highest BCUT2D eigenvalue weighted by molar-refractivity contribution is 9.10. The van der Waals surface area contributed by atoms with E-state index in [2.05, 4.69) is 21.2 Å². The third-order valence-corrected chi connectivity index (χ3v) is 3.61. The Bertz CT molecular complexity index is 388. The van der Waals surface area contributed by atoms with Gasteiger partial charge in [-0.1, -0.05) is 0 Å². The maximum absolute atomic E-state index is 13.9. The van der Waals surface area contributed by atoms with Crippen LogP contribution in [0, 0.1) is 5.82 Å². The molecule has 1 heterocycles. The van der Waals surface area contributed by atoms with E-state index in [1.165, 1.54) is 12.1 Å². The van der Waals surface area contributed by atoms with Gasteiger partial charge in [-0.2, -0.15) is 0 Å². The third-order valence-electron chi connectivity index (χ3n) is 2.99. The van der Waals surface area contributed by atoms with Crippen LogP contribution in [0.4, 0.5) is 4.39 Å². The lowest BCUT2D eigenvalue weighted by molar-refractivity contribution is 0.373. The predicted octanol–water partition coefficient (Wildman–Crippen LogP) is 2.89. The Morgan fingerprint density at radius 3 is 2.87 bits per heavy atom. The van der Waals surface area contributed by atoms with Gasteiger partial charge in [-0.05, 0) is 54.4 Å². The molecule has 2 nitrogen and oxygen atoms in total. The molecule has 1 aliphatic heterocycles. The number of benzene rings is 1. The molecule has 0 aromatic heterocycles. The van der Waals surface area contributed by atoms with Crippen molar-refractivity contribution in [3.63, 3.8) is 0 Å². The van der Waals surface area contributed by atoms with Crippen molar-refractivity contribution < 1.29 is 9.50 Å². The first-order valence-corrected chi connectivity index (χ1v) is 5.76. The van der Waals surface area contributed by atoms with Gasteiger partial charge < -0.3 is 10.4 Å². The molecule has 0 amide bonds. The lowest BCUT2D eigenvalue weighted by atomic mass is 9.89. The molecule has 0 saturated carbocycles. The second-order valence-corrected chi connectivity index (χ2v) is 4.97. The molecule has 2 N–H and O–H groups in total. The number of nitrogens with one attached hydrogen (secondary N) is 1. The van der Waals surface area contributed by atoms with Crippen molar-refractivity contribution in [2.75, 3.05) is 6.54 Å². The number of phenolic OH excluding ortho intramolecular Hbond substituents is 1. The minimum atomic E-state index is -0.446. The van der Waals surface area contributed by atoms with Crippen molar-refractivity contribution in [2.24, 2.45) is 0 Å². The number of hydrogen-bond acceptors (Lipinski definition) is 2. The van der Waals surface area contributed by atoms with Crippen LogP contribution in [-0.2, 0) is 5.54 Å². The smallest absolute Gasteiger partial charge is 0.146 e. The maximum Gasteiger partial charge on any atom is 0.146 e. The number of phenols is 1. The van der Waals surface area contributed by atoms with E-state index in [1.54, 1.807) is 0 Å². The van der Waals surface area contributed by atoms with Gasteiger partial charge in [-0.3, -0.25) is 0 Å². The minimum absolute atomic E-state index is 0.0209. The topological polar surface area (TPSA) is 32.3 Å². The standard InChI is InChI=1S/C11H13BrFNO/c1-11(5-2-6-14-11)9-8(15)4-3-7(12)10(9)13/h3-4,14-15H,2,5-6H2,1H3. The van der Waals surface area contributed by atoms with E-state index in [4.69, 9.17) is 0 Å². The van der Waals surface area contributed by atoms with Gasteiger partial charge in [0.15, 0.2) is 0 Å². The SMILES string of the molecule is CC1(c2c(O)ccc(Br)c2F)CCCN1. The van der Waals surface area contributed by atoms with E-state index >= 15 is 0 Å². The molecule has 1 fully saturated rings. The zero-order valence-electron chi connectivity index (χ0n) is 8.48. The van der Waals surface area contributed by atoms with Gasteiger partial charge in [-0.25, -0.2) is 4.39 Å². The first-order chi connectivity index (χ1) is 7.04. The van der Waals surface area contributed by atoms with Crippen LogP contribution in [0.1, 0.15) is 25.3 Å². The quantitative estimate of drug-likeness (QED) is 0.825. The summed E-state index contributed by atoms with van der Waals surface area (Å²) in [5, 5.41) is 13.0. The van der Waals surface area contributed by atoms with Crippen molar-refractivity contribution in [1.82, 2.24) is 5.32 Å². The van der Waals surface area contributed by atoms with E-state index in [0.29, 0.717) is 10.0 Å². The molecule has 1 unspecified atom stereocenters. The summed E-state index contributed by atoms with van der Waals surface area (Å²) in [6.45, 7) is 2.78. The summed E-state index contributed by atoms with van der Waals surface area (Å²) in [4.78, 5) is 0. The summed E-state index contributed by atoms with van der Waals surface area (Å²) in [5.41, 5.74) is -0.0767. The Hall–Kier alpha value is -0.610. The molecule has 0 spiro atoms. The average molecular weight is 274 g/mol. The van der Waals surface area contributed by atoms with Crippen molar-refractivity contribution in [2.45, 2.75) is 25.3 Å². The molecule has 2 rings (SSSR count). The molecular formula is C11H13BrFNO. The fourth-order valence-electron chi connectivity index (χ4n) is 2.17. The first-order valence-electron chi connectivity index (χ1n) is 4.97. The van der Waals surface area contributed by atoms with Crippen LogP contribution in [0.15, 0.2) is 16.6 Å². The highest BCUT2D eigenvalue weighted by atomic mass is 79.9. The van der Waals surface area contributed by atoms with Gasteiger partial charge in [0.25, 0.3) is 0 Å². The fourth-order valence-corrected chi connectivity index (χ4v) is 2.50. The van der Waals surface area contributed by atoms with Crippen LogP contribution < -0.4 is 5.32 Å². The normalized spacial score (nSPS) is 25.8. The summed E-state index contributed by atoms with van der Waals surface area (Å²) < 4.78 is 14.3. The molecule has 82 valence electrons. The molecule has 4 heteroatoms. The third kappa shape index (κ3) is 1.76. The number of hydrogen-bond donors (Lipinski definition) is 2. The summed E-state index contributed by atoms with van der Waals surface area (Å²) in [6.07, 6.45) is 1.84. The molecule has 0 bridgehead atoms. The molecular weight excluding hydrogens is 261 g/mol. The van der Waals surface area contributed by atoms with E-state index in [-0.39, 0.29) is 11.6 Å². The molecule has 0 aliphatic carbocycles. The number of rotatable bonds is 1. The van der Waals surface area contributed by atoms with Crippen molar-refractivity contribution in [1.29, 1.82) is 0 Å². The molecule has 15 heavy (non-hydrogen) atoms. The van der Waals surface area contributed by atoms with Gasteiger partial charge in [0.1, 0.15) is 11.6 Å². The van der Waals surface area contributed by atoms with E-state index in [0.717, 1.165) is 19.4 Å². The molecule has 1 aromatic carbocycles. The van der Waals surface area contributed by atoms with Crippen molar-refractivity contribution in [3.05, 3.63) is 28.0 Å². The second-order valence-electron chi connectivity index (χ2n) is 4.12. The summed E-state index contributed by atoms with van der Waals surface area (Å²) >= 11 is 3.14. The largest absolute Gasteiger partial charge is 0.507 e. The van der Waals surface area contributed by atoms with Gasteiger partial charge >= 0.3 is 0 Å². The van der Waals surface area contributed by atoms with Crippen molar-refractivity contribution >= 4 is 15.9 Å². The zero-order valence-corrected chi connectivity index (χ0v) is 10.1. The van der Waals surface area contributed by atoms with Crippen LogP contribution in [0.5, 0.6) is 5.75 Å². The summed E-state index contributed by atoms with van der Waals surface area (Å²) in [5.74, 6) is -0.348. The second kappa shape index (κ2) is 3.76. The molecule has 1 saturated heterocycles. The lowest BCUT2D eigenvalue weighted by Gasteiger charge is -2.26. The Labute approximate surface area is 96.6 Å².